The average Bonchev–Trinajstić information content (AvgIpc) is 2.29. The SMILES string of the molecule is CCC(C#N)S(=O)(=O)Nc1cccc(C(C)=O)c1. The lowest BCUT2D eigenvalue weighted by atomic mass is 10.1. The first-order chi connectivity index (χ1) is 8.40. The molecule has 1 aromatic rings. The summed E-state index contributed by atoms with van der Waals surface area (Å²) in [4.78, 5) is 11.2. The van der Waals surface area contributed by atoms with E-state index in [4.69, 9.17) is 5.26 Å². The van der Waals surface area contributed by atoms with Gasteiger partial charge in [0.1, 0.15) is 0 Å². The smallest absolute Gasteiger partial charge is 0.249 e. The normalized spacial score (nSPS) is 12.5. The van der Waals surface area contributed by atoms with E-state index in [1.54, 1.807) is 25.1 Å². The van der Waals surface area contributed by atoms with E-state index in [0.717, 1.165) is 0 Å². The molecule has 0 fully saturated rings. The summed E-state index contributed by atoms with van der Waals surface area (Å²) in [7, 11) is -3.74. The number of rotatable bonds is 5. The van der Waals surface area contributed by atoms with Gasteiger partial charge in [0.2, 0.25) is 10.0 Å². The number of hydrogen-bond donors (Lipinski definition) is 1. The molecule has 1 rings (SSSR count). The second-order valence-electron chi connectivity index (χ2n) is 3.81. The molecule has 18 heavy (non-hydrogen) atoms. The average molecular weight is 266 g/mol. The van der Waals surface area contributed by atoms with Gasteiger partial charge >= 0.3 is 0 Å². The maximum absolute atomic E-state index is 11.8. The van der Waals surface area contributed by atoms with Crippen LogP contribution in [0, 0.1) is 11.3 Å². The first-order valence-corrected chi connectivity index (χ1v) is 6.97. The molecular weight excluding hydrogens is 252 g/mol. The van der Waals surface area contributed by atoms with E-state index in [1.165, 1.54) is 19.1 Å². The van der Waals surface area contributed by atoms with Crippen LogP contribution in [-0.4, -0.2) is 19.5 Å². The summed E-state index contributed by atoms with van der Waals surface area (Å²) >= 11 is 0. The van der Waals surface area contributed by atoms with Gasteiger partial charge in [-0.2, -0.15) is 5.26 Å². The molecule has 0 aliphatic rings. The Labute approximate surface area is 106 Å². The quantitative estimate of drug-likeness (QED) is 0.825. The lowest BCUT2D eigenvalue weighted by molar-refractivity contribution is 0.101. The monoisotopic (exact) mass is 266 g/mol. The third-order valence-electron chi connectivity index (χ3n) is 2.42. The Morgan fingerprint density at radius 2 is 2.17 bits per heavy atom. The molecule has 5 nitrogen and oxygen atoms in total. The summed E-state index contributed by atoms with van der Waals surface area (Å²) in [5, 5.41) is 7.66. The van der Waals surface area contributed by atoms with Crippen LogP contribution in [0.3, 0.4) is 0 Å². The summed E-state index contributed by atoms with van der Waals surface area (Å²) in [6, 6.07) is 7.90. The van der Waals surface area contributed by atoms with Crippen LogP contribution in [-0.2, 0) is 10.0 Å². The molecule has 0 bridgehead atoms. The van der Waals surface area contributed by atoms with Gasteiger partial charge < -0.3 is 0 Å². The van der Waals surface area contributed by atoms with Crippen LogP contribution in [0.25, 0.3) is 0 Å². The van der Waals surface area contributed by atoms with Gasteiger partial charge in [0.25, 0.3) is 0 Å². The van der Waals surface area contributed by atoms with Crippen molar-refractivity contribution in [2.45, 2.75) is 25.5 Å². The van der Waals surface area contributed by atoms with E-state index in [0.29, 0.717) is 5.56 Å². The Morgan fingerprint density at radius 3 is 2.67 bits per heavy atom. The van der Waals surface area contributed by atoms with E-state index in [9.17, 15) is 13.2 Å². The molecule has 0 radical (unpaired) electrons. The van der Waals surface area contributed by atoms with Crippen LogP contribution in [0.15, 0.2) is 24.3 Å². The summed E-state index contributed by atoms with van der Waals surface area (Å²) in [6.45, 7) is 3.02. The predicted molar refractivity (Wildman–Crippen MR) is 68.7 cm³/mol. The number of benzene rings is 1. The van der Waals surface area contributed by atoms with Crippen molar-refractivity contribution < 1.29 is 13.2 Å². The Bertz CT molecular complexity index is 588. The fraction of sp³-hybridized carbons (Fsp3) is 0.333. The molecule has 0 saturated carbocycles. The fourth-order valence-corrected chi connectivity index (χ4v) is 2.59. The van der Waals surface area contributed by atoms with Gasteiger partial charge in [-0.15, -0.1) is 0 Å². The standard InChI is InChI=1S/C12H14N2O3S/c1-3-12(8-13)18(16,17)14-11-6-4-5-10(7-11)9(2)15/h4-7,12,14H,3H2,1-2H3. The van der Waals surface area contributed by atoms with E-state index >= 15 is 0 Å². The van der Waals surface area contributed by atoms with Crippen molar-refractivity contribution in [2.75, 3.05) is 4.72 Å². The molecule has 96 valence electrons. The predicted octanol–water partition coefficient (Wildman–Crippen LogP) is 1.93. The van der Waals surface area contributed by atoms with Crippen molar-refractivity contribution in [3.8, 4) is 6.07 Å². The van der Waals surface area contributed by atoms with E-state index in [2.05, 4.69) is 4.72 Å². The third kappa shape index (κ3) is 3.31. The molecular formula is C12H14N2O3S. The van der Waals surface area contributed by atoms with Crippen molar-refractivity contribution in [1.29, 1.82) is 5.26 Å². The first kappa shape index (κ1) is 14.2. The summed E-state index contributed by atoms with van der Waals surface area (Å²) in [5.74, 6) is -0.150. The second kappa shape index (κ2) is 5.65. The molecule has 0 aromatic heterocycles. The summed E-state index contributed by atoms with van der Waals surface area (Å²) in [6.07, 6.45) is 0.207. The highest BCUT2D eigenvalue weighted by molar-refractivity contribution is 7.93. The van der Waals surface area contributed by atoms with E-state index in [-0.39, 0.29) is 17.9 Å². The van der Waals surface area contributed by atoms with Gasteiger partial charge in [0.05, 0.1) is 6.07 Å². The highest BCUT2D eigenvalue weighted by Crippen LogP contribution is 2.15. The van der Waals surface area contributed by atoms with Crippen molar-refractivity contribution in [1.82, 2.24) is 0 Å². The number of Topliss-reactive ketones (excluding diaryl/α,β-unsaturated/α-hetero) is 1. The highest BCUT2D eigenvalue weighted by Gasteiger charge is 2.23. The number of ketones is 1. The van der Waals surface area contributed by atoms with Crippen molar-refractivity contribution >= 4 is 21.5 Å². The Kier molecular flexibility index (Phi) is 4.45. The zero-order valence-electron chi connectivity index (χ0n) is 10.2. The highest BCUT2D eigenvalue weighted by atomic mass is 32.2. The van der Waals surface area contributed by atoms with Crippen LogP contribution >= 0.6 is 0 Å². The molecule has 1 unspecified atom stereocenters. The number of anilines is 1. The summed E-state index contributed by atoms with van der Waals surface area (Å²) < 4.78 is 26.0. The lowest BCUT2D eigenvalue weighted by Gasteiger charge is -2.11. The Hall–Kier alpha value is -1.87. The number of nitrogens with zero attached hydrogens (tertiary/aromatic N) is 1. The third-order valence-corrected chi connectivity index (χ3v) is 4.13. The molecule has 0 heterocycles. The Balaban J connectivity index is 3.02. The first-order valence-electron chi connectivity index (χ1n) is 5.43. The van der Waals surface area contributed by atoms with Crippen molar-refractivity contribution in [3.63, 3.8) is 0 Å². The lowest BCUT2D eigenvalue weighted by Crippen LogP contribution is -2.26. The zero-order chi connectivity index (χ0) is 13.8. The summed E-state index contributed by atoms with van der Waals surface area (Å²) in [5.41, 5.74) is 0.705. The van der Waals surface area contributed by atoms with Gasteiger partial charge in [-0.1, -0.05) is 19.1 Å². The van der Waals surface area contributed by atoms with Crippen molar-refractivity contribution in [3.05, 3.63) is 29.8 Å². The molecule has 0 spiro atoms. The molecule has 1 N–H and O–H groups in total. The largest absolute Gasteiger partial charge is 0.295 e. The minimum atomic E-state index is -3.74. The van der Waals surface area contributed by atoms with Crippen molar-refractivity contribution in [2.24, 2.45) is 0 Å². The molecule has 6 heteroatoms. The van der Waals surface area contributed by atoms with Crippen LogP contribution in [0.4, 0.5) is 5.69 Å². The van der Waals surface area contributed by atoms with Crippen LogP contribution in [0.5, 0.6) is 0 Å². The van der Waals surface area contributed by atoms with Gasteiger partial charge in [0.15, 0.2) is 11.0 Å². The number of hydrogen-bond acceptors (Lipinski definition) is 4. The Morgan fingerprint density at radius 1 is 1.50 bits per heavy atom. The maximum atomic E-state index is 11.8. The van der Waals surface area contributed by atoms with Gasteiger partial charge in [-0.3, -0.25) is 9.52 Å². The molecule has 0 amide bonds. The maximum Gasteiger partial charge on any atom is 0.249 e. The number of carbonyl (C=O) groups is 1. The number of carbonyl (C=O) groups excluding carboxylic acids is 1. The fourth-order valence-electron chi connectivity index (χ4n) is 1.42. The van der Waals surface area contributed by atoms with Crippen LogP contribution in [0.1, 0.15) is 30.6 Å². The zero-order valence-corrected chi connectivity index (χ0v) is 11.0. The molecule has 0 aliphatic carbocycles. The molecule has 1 atom stereocenters. The molecule has 1 aromatic carbocycles. The van der Waals surface area contributed by atoms with Crippen LogP contribution < -0.4 is 4.72 Å². The van der Waals surface area contributed by atoms with Gasteiger partial charge in [-0.25, -0.2) is 8.42 Å². The minimum Gasteiger partial charge on any atom is -0.295 e. The second-order valence-corrected chi connectivity index (χ2v) is 5.67. The van der Waals surface area contributed by atoms with E-state index < -0.39 is 15.3 Å². The molecule has 0 aliphatic heterocycles. The minimum absolute atomic E-state index is 0.150. The molecule has 0 saturated heterocycles. The van der Waals surface area contributed by atoms with Gasteiger partial charge in [0, 0.05) is 11.3 Å². The van der Waals surface area contributed by atoms with Gasteiger partial charge in [-0.05, 0) is 25.5 Å². The number of nitrogens with one attached hydrogen (secondary N) is 1. The van der Waals surface area contributed by atoms with Crippen LogP contribution in [0.2, 0.25) is 0 Å². The van der Waals surface area contributed by atoms with E-state index in [1.807, 2.05) is 0 Å². The number of sulfonamides is 1. The number of nitriles is 1. The topological polar surface area (TPSA) is 87.0 Å².